The van der Waals surface area contributed by atoms with Gasteiger partial charge in [-0.25, -0.2) is 0 Å². The standard InChI is InChI=1S/C10H22O4.W/c1-3-4-12-7-8-14-10-9-13-6-5-11-2;/h3-10H2,1-2H3;. The zero-order valence-corrected chi connectivity index (χ0v) is 12.6. The average Bonchev–Trinajstić information content (AvgIpc) is 2.21. The van der Waals surface area contributed by atoms with Crippen LogP contribution in [-0.2, 0) is 40.0 Å². The molecule has 0 amide bonds. The van der Waals surface area contributed by atoms with Crippen LogP contribution in [0.25, 0.3) is 0 Å². The van der Waals surface area contributed by atoms with Gasteiger partial charge in [-0.05, 0) is 6.42 Å². The van der Waals surface area contributed by atoms with Crippen LogP contribution in [-0.4, -0.2) is 53.4 Å². The molecular formula is C10H22O4W. The van der Waals surface area contributed by atoms with Crippen molar-refractivity contribution in [2.75, 3.05) is 53.4 Å². The summed E-state index contributed by atoms with van der Waals surface area (Å²) < 4.78 is 20.6. The topological polar surface area (TPSA) is 36.9 Å². The second kappa shape index (κ2) is 16.9. The van der Waals surface area contributed by atoms with Gasteiger partial charge in [0, 0.05) is 34.8 Å². The summed E-state index contributed by atoms with van der Waals surface area (Å²) in [6.07, 6.45) is 1.06. The third kappa shape index (κ3) is 17.2. The van der Waals surface area contributed by atoms with E-state index in [1.54, 1.807) is 7.11 Å². The van der Waals surface area contributed by atoms with E-state index >= 15 is 0 Å². The Labute approximate surface area is 107 Å². The Morgan fingerprint density at radius 2 is 1.07 bits per heavy atom. The van der Waals surface area contributed by atoms with Gasteiger partial charge >= 0.3 is 0 Å². The smallest absolute Gasteiger partial charge is 0.0701 e. The molecule has 5 heteroatoms. The molecule has 0 N–H and O–H groups in total. The summed E-state index contributed by atoms with van der Waals surface area (Å²) in [4.78, 5) is 0. The minimum absolute atomic E-state index is 0. The van der Waals surface area contributed by atoms with Crippen molar-refractivity contribution in [1.82, 2.24) is 0 Å². The van der Waals surface area contributed by atoms with Crippen LogP contribution >= 0.6 is 0 Å². The Bertz CT molecular complexity index is 91.4. The maximum Gasteiger partial charge on any atom is 0.0701 e. The fourth-order valence-electron chi connectivity index (χ4n) is 0.828. The summed E-state index contributed by atoms with van der Waals surface area (Å²) in [5.74, 6) is 0. The number of ether oxygens (including phenoxy) is 4. The van der Waals surface area contributed by atoms with Crippen LogP contribution in [0, 0.1) is 0 Å². The first-order valence-corrected chi connectivity index (χ1v) is 5.14. The van der Waals surface area contributed by atoms with Crippen LogP contribution in [0.15, 0.2) is 0 Å². The van der Waals surface area contributed by atoms with E-state index in [1.165, 1.54) is 0 Å². The molecule has 0 heterocycles. The molecular weight excluding hydrogens is 368 g/mol. The molecule has 0 aliphatic carbocycles. The molecule has 0 atom stereocenters. The molecule has 15 heavy (non-hydrogen) atoms. The minimum atomic E-state index is 0. The van der Waals surface area contributed by atoms with E-state index in [4.69, 9.17) is 18.9 Å². The minimum Gasteiger partial charge on any atom is -0.382 e. The zero-order valence-electron chi connectivity index (χ0n) is 9.70. The predicted molar refractivity (Wildman–Crippen MR) is 54.6 cm³/mol. The Kier molecular flexibility index (Phi) is 20.2. The predicted octanol–water partition coefficient (Wildman–Crippen LogP) is 1.09. The van der Waals surface area contributed by atoms with Crippen LogP contribution in [0.2, 0.25) is 0 Å². The van der Waals surface area contributed by atoms with E-state index in [2.05, 4.69) is 6.92 Å². The van der Waals surface area contributed by atoms with Crippen LogP contribution < -0.4 is 0 Å². The van der Waals surface area contributed by atoms with Gasteiger partial charge in [0.2, 0.25) is 0 Å². The largest absolute Gasteiger partial charge is 0.382 e. The van der Waals surface area contributed by atoms with Crippen molar-refractivity contribution in [3.63, 3.8) is 0 Å². The normalized spacial score (nSPS) is 10.0. The molecule has 0 fully saturated rings. The average molecular weight is 390 g/mol. The fourth-order valence-corrected chi connectivity index (χ4v) is 0.828. The molecule has 0 spiro atoms. The molecule has 0 aliphatic rings. The summed E-state index contributed by atoms with van der Waals surface area (Å²) in [5, 5.41) is 0. The molecule has 0 bridgehead atoms. The van der Waals surface area contributed by atoms with Crippen LogP contribution in [0.5, 0.6) is 0 Å². The van der Waals surface area contributed by atoms with E-state index in [1.807, 2.05) is 0 Å². The second-order valence-corrected chi connectivity index (χ2v) is 2.83. The first kappa shape index (κ1) is 17.9. The molecule has 0 aliphatic heterocycles. The first-order chi connectivity index (χ1) is 6.91. The Hall–Kier alpha value is 0.528. The molecule has 0 radical (unpaired) electrons. The van der Waals surface area contributed by atoms with Gasteiger partial charge in [0.05, 0.1) is 39.6 Å². The SMILES string of the molecule is CCCOCCOCCOCCOC.[W]. The number of hydrogen-bond acceptors (Lipinski definition) is 4. The van der Waals surface area contributed by atoms with Crippen molar-refractivity contribution in [3.8, 4) is 0 Å². The van der Waals surface area contributed by atoms with Crippen molar-refractivity contribution in [2.45, 2.75) is 13.3 Å². The van der Waals surface area contributed by atoms with Crippen molar-refractivity contribution < 1.29 is 40.0 Å². The summed E-state index contributed by atoms with van der Waals surface area (Å²) in [7, 11) is 1.66. The quantitative estimate of drug-likeness (QED) is 0.495. The Morgan fingerprint density at radius 1 is 0.667 bits per heavy atom. The van der Waals surface area contributed by atoms with Crippen LogP contribution in [0.4, 0.5) is 0 Å². The Morgan fingerprint density at radius 3 is 1.47 bits per heavy atom. The van der Waals surface area contributed by atoms with E-state index in [0.717, 1.165) is 13.0 Å². The molecule has 0 aromatic carbocycles. The van der Waals surface area contributed by atoms with Gasteiger partial charge in [0.1, 0.15) is 0 Å². The number of hydrogen-bond donors (Lipinski definition) is 0. The summed E-state index contributed by atoms with van der Waals surface area (Å²) in [6.45, 7) is 6.74. The summed E-state index contributed by atoms with van der Waals surface area (Å²) in [5.41, 5.74) is 0. The Balaban J connectivity index is 0. The number of rotatable bonds is 11. The van der Waals surface area contributed by atoms with Crippen molar-refractivity contribution in [2.24, 2.45) is 0 Å². The molecule has 0 unspecified atom stereocenters. The van der Waals surface area contributed by atoms with E-state index < -0.39 is 0 Å². The maximum absolute atomic E-state index is 5.27. The molecule has 0 saturated carbocycles. The summed E-state index contributed by atoms with van der Waals surface area (Å²) >= 11 is 0. The third-order valence-electron chi connectivity index (χ3n) is 1.52. The molecule has 4 nitrogen and oxygen atoms in total. The monoisotopic (exact) mass is 390 g/mol. The molecule has 0 aromatic heterocycles. The van der Waals surface area contributed by atoms with Crippen molar-refractivity contribution in [3.05, 3.63) is 0 Å². The molecule has 0 aromatic rings. The van der Waals surface area contributed by atoms with Gasteiger partial charge in [0.15, 0.2) is 0 Å². The summed E-state index contributed by atoms with van der Waals surface area (Å²) in [6, 6.07) is 0. The van der Waals surface area contributed by atoms with Crippen LogP contribution in [0.3, 0.4) is 0 Å². The van der Waals surface area contributed by atoms with Crippen molar-refractivity contribution in [1.29, 1.82) is 0 Å². The van der Waals surface area contributed by atoms with Gasteiger partial charge in [0.25, 0.3) is 0 Å². The molecule has 0 rings (SSSR count). The van der Waals surface area contributed by atoms with Gasteiger partial charge in [-0.3, -0.25) is 0 Å². The molecule has 0 saturated heterocycles. The van der Waals surface area contributed by atoms with Gasteiger partial charge in [-0.1, -0.05) is 6.92 Å². The third-order valence-corrected chi connectivity index (χ3v) is 1.52. The number of methoxy groups -OCH3 is 1. The first-order valence-electron chi connectivity index (χ1n) is 5.14. The van der Waals surface area contributed by atoms with Crippen molar-refractivity contribution >= 4 is 0 Å². The fraction of sp³-hybridized carbons (Fsp3) is 1.00. The van der Waals surface area contributed by atoms with Gasteiger partial charge < -0.3 is 18.9 Å². The van der Waals surface area contributed by atoms with Gasteiger partial charge in [-0.15, -0.1) is 0 Å². The zero-order chi connectivity index (χ0) is 10.5. The maximum atomic E-state index is 5.27. The van der Waals surface area contributed by atoms with Gasteiger partial charge in [-0.2, -0.15) is 0 Å². The second-order valence-electron chi connectivity index (χ2n) is 2.83. The van der Waals surface area contributed by atoms with E-state index in [-0.39, 0.29) is 21.1 Å². The van der Waals surface area contributed by atoms with Crippen LogP contribution in [0.1, 0.15) is 13.3 Å². The van der Waals surface area contributed by atoms with E-state index in [0.29, 0.717) is 39.6 Å². The molecule has 92 valence electrons. The van der Waals surface area contributed by atoms with E-state index in [9.17, 15) is 0 Å².